The van der Waals surface area contributed by atoms with Gasteiger partial charge in [-0.3, -0.25) is 9.59 Å². The van der Waals surface area contributed by atoms with Crippen LogP contribution in [0.5, 0.6) is 0 Å². The van der Waals surface area contributed by atoms with Gasteiger partial charge in [0.25, 0.3) is 11.8 Å². The molecule has 1 fully saturated rings. The Bertz CT molecular complexity index is 514. The maximum absolute atomic E-state index is 12.4. The summed E-state index contributed by atoms with van der Waals surface area (Å²) in [6.45, 7) is 5.95. The van der Waals surface area contributed by atoms with Crippen LogP contribution in [0.25, 0.3) is 0 Å². The van der Waals surface area contributed by atoms with Crippen LogP contribution in [0.15, 0.2) is 0 Å². The van der Waals surface area contributed by atoms with Gasteiger partial charge in [-0.05, 0) is 37.2 Å². The van der Waals surface area contributed by atoms with Gasteiger partial charge < -0.3 is 16.0 Å². The molecule has 2 heterocycles. The lowest BCUT2D eigenvalue weighted by Gasteiger charge is -2.30. The highest BCUT2D eigenvalue weighted by atomic mass is 32.1. The van der Waals surface area contributed by atoms with Crippen molar-refractivity contribution in [1.82, 2.24) is 14.6 Å². The molecule has 1 aliphatic heterocycles. The molecule has 1 atom stereocenters. The molecule has 0 aromatic carbocycles. The Balaban J connectivity index is 2.16. The summed E-state index contributed by atoms with van der Waals surface area (Å²) < 4.78 is 4.03. The zero-order valence-electron chi connectivity index (χ0n) is 11.8. The zero-order chi connectivity index (χ0) is 14.7. The summed E-state index contributed by atoms with van der Waals surface area (Å²) in [5.74, 6) is 0.0686. The number of nitrogens with zero attached hydrogens (tertiary/aromatic N) is 2. The summed E-state index contributed by atoms with van der Waals surface area (Å²) in [6, 6.07) is 0. The average Bonchev–Trinajstić information content (AvgIpc) is 2.80. The number of carbonyl (C=O) groups is 2. The highest BCUT2D eigenvalue weighted by Gasteiger charge is 2.27. The molecule has 0 saturated carbocycles. The van der Waals surface area contributed by atoms with Gasteiger partial charge in [-0.15, -0.1) is 0 Å². The van der Waals surface area contributed by atoms with Gasteiger partial charge in [0.05, 0.1) is 5.69 Å². The van der Waals surface area contributed by atoms with Crippen LogP contribution in [0.3, 0.4) is 0 Å². The van der Waals surface area contributed by atoms with E-state index < -0.39 is 0 Å². The molecule has 3 N–H and O–H groups in total. The van der Waals surface area contributed by atoms with Crippen LogP contribution in [0, 0.1) is 5.92 Å². The van der Waals surface area contributed by atoms with Crippen molar-refractivity contribution in [2.75, 3.05) is 25.4 Å². The van der Waals surface area contributed by atoms with E-state index in [1.807, 2.05) is 6.92 Å². The number of hydrogen-bond donors (Lipinski definition) is 2. The number of anilines is 1. The predicted molar refractivity (Wildman–Crippen MR) is 78.8 cm³/mol. The number of nitrogens with one attached hydrogen (secondary N) is 1. The second-order valence-corrected chi connectivity index (χ2v) is 5.91. The summed E-state index contributed by atoms with van der Waals surface area (Å²) in [4.78, 5) is 26.4. The van der Waals surface area contributed by atoms with E-state index in [0.29, 0.717) is 17.3 Å². The number of nitrogen functional groups attached to an aromatic ring is 1. The van der Waals surface area contributed by atoms with Crippen LogP contribution >= 0.6 is 11.5 Å². The summed E-state index contributed by atoms with van der Waals surface area (Å²) in [6.07, 6.45) is 2.15. The van der Waals surface area contributed by atoms with E-state index in [1.165, 1.54) is 0 Å². The largest absolute Gasteiger partial charge is 0.395 e. The third-order valence-electron chi connectivity index (χ3n) is 3.42. The van der Waals surface area contributed by atoms with Crippen LogP contribution in [-0.4, -0.2) is 40.7 Å². The van der Waals surface area contributed by atoms with Crippen LogP contribution in [-0.2, 0) is 0 Å². The van der Waals surface area contributed by atoms with E-state index in [9.17, 15) is 9.59 Å². The fourth-order valence-electron chi connectivity index (χ4n) is 2.38. The fraction of sp³-hybridized carbons (Fsp3) is 0.615. The Labute approximate surface area is 122 Å². The van der Waals surface area contributed by atoms with Gasteiger partial charge >= 0.3 is 0 Å². The summed E-state index contributed by atoms with van der Waals surface area (Å²) >= 11 is 1.01. The topological polar surface area (TPSA) is 88.3 Å². The smallest absolute Gasteiger partial charge is 0.273 e. The maximum Gasteiger partial charge on any atom is 0.273 e. The molecule has 0 aliphatic carbocycles. The molecule has 0 unspecified atom stereocenters. The molecule has 20 heavy (non-hydrogen) atoms. The first-order valence-electron chi connectivity index (χ1n) is 6.87. The molecular formula is C13H20N4O2S. The van der Waals surface area contributed by atoms with E-state index in [1.54, 1.807) is 4.90 Å². The average molecular weight is 296 g/mol. The van der Waals surface area contributed by atoms with Crippen LogP contribution in [0.4, 0.5) is 5.69 Å². The summed E-state index contributed by atoms with van der Waals surface area (Å²) in [7, 11) is 0. The second-order valence-electron chi connectivity index (χ2n) is 5.13. The van der Waals surface area contributed by atoms with Crippen LogP contribution < -0.4 is 11.1 Å². The van der Waals surface area contributed by atoms with E-state index in [-0.39, 0.29) is 23.2 Å². The lowest BCUT2D eigenvalue weighted by molar-refractivity contribution is 0.0689. The molecule has 7 heteroatoms. The lowest BCUT2D eigenvalue weighted by atomic mass is 10.0. The monoisotopic (exact) mass is 296 g/mol. The Hall–Kier alpha value is -1.63. The molecule has 1 aliphatic rings. The summed E-state index contributed by atoms with van der Waals surface area (Å²) in [5.41, 5.74) is 6.27. The Kier molecular flexibility index (Phi) is 4.59. The Morgan fingerprint density at radius 2 is 2.30 bits per heavy atom. The van der Waals surface area contributed by atoms with Gasteiger partial charge in [0.1, 0.15) is 4.88 Å². The first kappa shape index (κ1) is 14.8. The summed E-state index contributed by atoms with van der Waals surface area (Å²) in [5, 5.41) is 2.64. The van der Waals surface area contributed by atoms with Crippen LogP contribution in [0.1, 0.15) is 46.8 Å². The predicted octanol–water partition coefficient (Wildman–Crippen LogP) is 1.35. The first-order chi connectivity index (χ1) is 9.54. The molecule has 1 aromatic heterocycles. The first-order valence-corrected chi connectivity index (χ1v) is 7.64. The van der Waals surface area contributed by atoms with Crippen molar-refractivity contribution in [2.24, 2.45) is 5.92 Å². The van der Waals surface area contributed by atoms with Gasteiger partial charge in [0, 0.05) is 19.6 Å². The number of carbonyl (C=O) groups excluding carboxylic acids is 2. The van der Waals surface area contributed by atoms with Crippen molar-refractivity contribution in [3.8, 4) is 0 Å². The van der Waals surface area contributed by atoms with Gasteiger partial charge in [-0.2, -0.15) is 4.37 Å². The van der Waals surface area contributed by atoms with Gasteiger partial charge in [0.2, 0.25) is 0 Å². The van der Waals surface area contributed by atoms with Crippen molar-refractivity contribution in [2.45, 2.75) is 26.7 Å². The molecule has 2 rings (SSSR count). The Morgan fingerprint density at radius 1 is 1.55 bits per heavy atom. The maximum atomic E-state index is 12.4. The number of amides is 2. The minimum atomic E-state index is -0.327. The standard InChI is InChI=1S/C13H20N4O2S/c1-3-15-12(18)10-9(14)11(20-16-10)13(19)17-6-4-5-8(2)7-17/h8H,3-7,14H2,1-2H3,(H,15,18)/t8-/m0/s1. The van der Waals surface area contributed by atoms with Gasteiger partial charge in [-0.1, -0.05) is 6.92 Å². The lowest BCUT2D eigenvalue weighted by Crippen LogP contribution is -2.39. The van der Waals surface area contributed by atoms with Crippen molar-refractivity contribution >= 4 is 29.0 Å². The number of nitrogens with two attached hydrogens (primary N) is 1. The molecule has 110 valence electrons. The molecule has 0 radical (unpaired) electrons. The molecule has 1 saturated heterocycles. The molecule has 1 aromatic rings. The minimum absolute atomic E-state index is 0.109. The van der Waals surface area contributed by atoms with Crippen molar-refractivity contribution < 1.29 is 9.59 Å². The molecule has 2 amide bonds. The number of rotatable bonds is 3. The van der Waals surface area contributed by atoms with Crippen molar-refractivity contribution in [1.29, 1.82) is 0 Å². The quantitative estimate of drug-likeness (QED) is 0.881. The van der Waals surface area contributed by atoms with E-state index >= 15 is 0 Å². The SMILES string of the molecule is CCNC(=O)c1nsc(C(=O)N2CCC[C@H](C)C2)c1N. The fourth-order valence-corrected chi connectivity index (χ4v) is 3.14. The van der Waals surface area contributed by atoms with E-state index in [2.05, 4.69) is 16.6 Å². The second kappa shape index (κ2) is 6.21. The zero-order valence-corrected chi connectivity index (χ0v) is 12.6. The number of likely N-dealkylation sites (tertiary alicyclic amines) is 1. The third kappa shape index (κ3) is 2.92. The molecular weight excluding hydrogens is 276 g/mol. The van der Waals surface area contributed by atoms with Crippen molar-refractivity contribution in [3.63, 3.8) is 0 Å². The number of piperidine rings is 1. The van der Waals surface area contributed by atoms with E-state index in [4.69, 9.17) is 5.73 Å². The van der Waals surface area contributed by atoms with Crippen molar-refractivity contribution in [3.05, 3.63) is 10.6 Å². The van der Waals surface area contributed by atoms with Crippen LogP contribution in [0.2, 0.25) is 0 Å². The van der Waals surface area contributed by atoms with E-state index in [0.717, 1.165) is 37.5 Å². The molecule has 0 spiro atoms. The van der Waals surface area contributed by atoms with Gasteiger partial charge in [0.15, 0.2) is 5.69 Å². The number of hydrogen-bond acceptors (Lipinski definition) is 5. The molecule has 6 nitrogen and oxygen atoms in total. The highest BCUT2D eigenvalue weighted by molar-refractivity contribution is 7.09. The number of aromatic nitrogens is 1. The molecule has 0 bridgehead atoms. The minimum Gasteiger partial charge on any atom is -0.395 e. The van der Waals surface area contributed by atoms with Gasteiger partial charge in [-0.25, -0.2) is 0 Å². The highest BCUT2D eigenvalue weighted by Crippen LogP contribution is 2.25. The third-order valence-corrected chi connectivity index (χ3v) is 4.27. The normalized spacial score (nSPS) is 18.9. The Morgan fingerprint density at radius 3 is 2.95 bits per heavy atom.